The Morgan fingerprint density at radius 3 is 1.85 bits per heavy atom. The molecule has 0 spiro atoms. The lowest BCUT2D eigenvalue weighted by molar-refractivity contribution is -0.856. The number of quaternary nitrogens is 1. The molecule has 4 aromatic heterocycles. The molecule has 11 heteroatoms. The molecule has 4 heterocycles. The smallest absolute Gasteiger partial charge is 0.264 e. The lowest BCUT2D eigenvalue weighted by atomic mass is 9.96. The SMILES string of the molecule is CCNC.C[NH+](C)CCNC(=O)c1ccc2nc3c4ccc5c(=O)n6c7cc(C=O)ccc7nc6c6ccc(c(=O)n3c2c1)c4c56. The zero-order chi connectivity index (χ0) is 32.3. The third-order valence-corrected chi connectivity index (χ3v) is 8.50. The Morgan fingerprint density at radius 1 is 0.804 bits per heavy atom. The summed E-state index contributed by atoms with van der Waals surface area (Å²) in [4.78, 5) is 63.0. The van der Waals surface area contributed by atoms with Crippen LogP contribution in [0.4, 0.5) is 0 Å². The van der Waals surface area contributed by atoms with Crippen LogP contribution in [0.5, 0.6) is 0 Å². The molecule has 3 N–H and O–H groups in total. The first-order valence-corrected chi connectivity index (χ1v) is 15.2. The number of rotatable bonds is 6. The van der Waals surface area contributed by atoms with E-state index in [9.17, 15) is 19.2 Å². The number of hydrogen-bond acceptors (Lipinski definition) is 7. The molecule has 4 aromatic carbocycles. The molecule has 8 rings (SSSR count). The van der Waals surface area contributed by atoms with Crippen molar-refractivity contribution >= 4 is 77.9 Å². The zero-order valence-corrected chi connectivity index (χ0v) is 25.9. The Kier molecular flexibility index (Phi) is 7.07. The number of aldehydes is 1. The summed E-state index contributed by atoms with van der Waals surface area (Å²) in [5.41, 5.74) is 3.57. The molecule has 0 radical (unpaired) electrons. The van der Waals surface area contributed by atoms with Gasteiger partial charge in [-0.3, -0.25) is 28.0 Å². The van der Waals surface area contributed by atoms with E-state index in [2.05, 4.69) is 17.6 Å². The van der Waals surface area contributed by atoms with Crippen molar-refractivity contribution in [1.29, 1.82) is 0 Å². The Hall–Kier alpha value is -5.52. The molecule has 11 nitrogen and oxygen atoms in total. The summed E-state index contributed by atoms with van der Waals surface area (Å²) in [6.45, 7) is 4.46. The van der Waals surface area contributed by atoms with E-state index in [1.807, 2.05) is 33.3 Å². The predicted octanol–water partition coefficient (Wildman–Crippen LogP) is 2.26. The van der Waals surface area contributed by atoms with Gasteiger partial charge in [0.1, 0.15) is 17.6 Å². The number of imidazole rings is 2. The minimum Gasteiger partial charge on any atom is -0.346 e. The average Bonchev–Trinajstić information content (AvgIpc) is 3.65. The molecule has 8 aromatic rings. The van der Waals surface area contributed by atoms with Crippen molar-refractivity contribution in [3.63, 3.8) is 0 Å². The molecule has 0 fully saturated rings. The van der Waals surface area contributed by atoms with E-state index in [4.69, 9.17) is 9.97 Å². The number of benzene rings is 4. The fraction of sp³-hybridized carbons (Fsp3) is 0.200. The number of amides is 1. The average molecular weight is 615 g/mol. The largest absolute Gasteiger partial charge is 0.346 e. The van der Waals surface area contributed by atoms with Crippen LogP contribution in [0.2, 0.25) is 0 Å². The molecule has 0 atom stereocenters. The van der Waals surface area contributed by atoms with Crippen LogP contribution in [-0.4, -0.2) is 71.7 Å². The summed E-state index contributed by atoms with van der Waals surface area (Å²) < 4.78 is 3.09. The van der Waals surface area contributed by atoms with Crippen LogP contribution in [0.15, 0.2) is 70.3 Å². The van der Waals surface area contributed by atoms with Gasteiger partial charge in [0.2, 0.25) is 0 Å². The number of fused-ring (bicyclic) bond motifs is 8. The van der Waals surface area contributed by atoms with Crippen molar-refractivity contribution in [2.75, 3.05) is 40.8 Å². The highest BCUT2D eigenvalue weighted by Gasteiger charge is 2.23. The molecular formula is C35H32N7O4+. The number of carbonyl (C=O) groups is 2. The van der Waals surface area contributed by atoms with Gasteiger partial charge in [0.05, 0.1) is 49.3 Å². The number of pyridine rings is 2. The van der Waals surface area contributed by atoms with E-state index < -0.39 is 0 Å². The molecule has 0 saturated heterocycles. The van der Waals surface area contributed by atoms with Crippen LogP contribution < -0.4 is 26.7 Å². The fourth-order valence-electron chi connectivity index (χ4n) is 6.15. The first-order valence-electron chi connectivity index (χ1n) is 15.2. The molecular weight excluding hydrogens is 582 g/mol. The van der Waals surface area contributed by atoms with Crippen molar-refractivity contribution < 1.29 is 14.5 Å². The molecule has 0 aliphatic heterocycles. The molecule has 230 valence electrons. The van der Waals surface area contributed by atoms with Gasteiger partial charge in [-0.15, -0.1) is 0 Å². The number of carbonyl (C=O) groups excluding carboxylic acids is 2. The van der Waals surface area contributed by atoms with Gasteiger partial charge in [-0.1, -0.05) is 6.92 Å². The molecule has 0 saturated carbocycles. The Morgan fingerprint density at radius 2 is 1.33 bits per heavy atom. The summed E-state index contributed by atoms with van der Waals surface area (Å²) in [5, 5.41) is 9.52. The Labute approximate surface area is 261 Å². The fourth-order valence-corrected chi connectivity index (χ4v) is 6.15. The van der Waals surface area contributed by atoms with Crippen molar-refractivity contribution in [2.24, 2.45) is 0 Å². The minimum absolute atomic E-state index is 0.211. The van der Waals surface area contributed by atoms with E-state index in [0.717, 1.165) is 30.1 Å². The van der Waals surface area contributed by atoms with Crippen molar-refractivity contribution in [2.45, 2.75) is 6.92 Å². The maximum Gasteiger partial charge on any atom is 0.264 e. The molecule has 0 aliphatic carbocycles. The maximum atomic E-state index is 14.0. The van der Waals surface area contributed by atoms with Crippen LogP contribution >= 0.6 is 0 Å². The summed E-state index contributed by atoms with van der Waals surface area (Å²) in [7, 11) is 5.97. The second-order valence-corrected chi connectivity index (χ2v) is 11.7. The van der Waals surface area contributed by atoms with E-state index in [-0.39, 0.29) is 17.0 Å². The monoisotopic (exact) mass is 614 g/mol. The second-order valence-electron chi connectivity index (χ2n) is 11.7. The second kappa shape index (κ2) is 11.1. The number of nitrogens with zero attached hydrogens (tertiary/aromatic N) is 4. The highest BCUT2D eigenvalue weighted by molar-refractivity contribution is 6.27. The Bertz CT molecular complexity index is 2600. The number of hydrogen-bond donors (Lipinski definition) is 3. The van der Waals surface area contributed by atoms with Gasteiger partial charge in [-0.2, -0.15) is 0 Å². The molecule has 1 amide bonds. The van der Waals surface area contributed by atoms with Crippen LogP contribution in [0.1, 0.15) is 27.6 Å². The van der Waals surface area contributed by atoms with E-state index >= 15 is 0 Å². The van der Waals surface area contributed by atoms with Gasteiger partial charge < -0.3 is 15.5 Å². The number of likely N-dealkylation sites (N-methyl/N-ethyl adjacent to an activating group) is 1. The zero-order valence-electron chi connectivity index (χ0n) is 25.9. The molecule has 0 aliphatic rings. The van der Waals surface area contributed by atoms with Crippen LogP contribution in [0.3, 0.4) is 0 Å². The summed E-state index contributed by atoms with van der Waals surface area (Å²) in [6, 6.07) is 17.4. The highest BCUT2D eigenvalue weighted by Crippen LogP contribution is 2.36. The van der Waals surface area contributed by atoms with E-state index in [0.29, 0.717) is 72.6 Å². The predicted molar refractivity (Wildman–Crippen MR) is 181 cm³/mol. The van der Waals surface area contributed by atoms with Gasteiger partial charge >= 0.3 is 0 Å². The van der Waals surface area contributed by atoms with Crippen molar-refractivity contribution in [3.8, 4) is 0 Å². The lowest BCUT2D eigenvalue weighted by Gasteiger charge is -2.12. The first kappa shape index (κ1) is 29.2. The van der Waals surface area contributed by atoms with Gasteiger partial charge in [0, 0.05) is 43.4 Å². The minimum atomic E-state index is -0.278. The third kappa shape index (κ3) is 4.35. The van der Waals surface area contributed by atoms with Gasteiger partial charge in [0.25, 0.3) is 17.0 Å². The number of aromatic nitrogens is 4. The van der Waals surface area contributed by atoms with Gasteiger partial charge in [-0.05, 0) is 74.3 Å². The van der Waals surface area contributed by atoms with Gasteiger partial charge in [0.15, 0.2) is 0 Å². The van der Waals surface area contributed by atoms with Crippen LogP contribution in [0.25, 0.3) is 65.7 Å². The molecule has 46 heavy (non-hydrogen) atoms. The summed E-state index contributed by atoms with van der Waals surface area (Å²) >= 11 is 0. The van der Waals surface area contributed by atoms with Crippen molar-refractivity contribution in [3.05, 3.63) is 92.5 Å². The van der Waals surface area contributed by atoms with E-state index in [1.165, 1.54) is 9.30 Å². The van der Waals surface area contributed by atoms with Crippen LogP contribution in [0, 0.1) is 0 Å². The standard InChI is InChI=1S/C32H22N6O4.C3H9N/c1-36(2)12-11-33-30(40)17-4-10-23-25(14-17)38-29(35-23)19-6-7-20-26-18(5-8-21(27(19)26)32(38)42)28-34-22-9-3-16(15-39)13-24(22)37(28)31(20)41;1-3-4-2/h3-10,13-15H,11-12H2,1-2H3,(H,33,40);4H,3H2,1-2H3/p+1. The third-order valence-electron chi connectivity index (χ3n) is 8.50. The summed E-state index contributed by atoms with van der Waals surface area (Å²) in [5.74, 6) is -0.211. The molecule has 0 unspecified atom stereocenters. The van der Waals surface area contributed by atoms with Crippen LogP contribution in [-0.2, 0) is 0 Å². The van der Waals surface area contributed by atoms with Gasteiger partial charge in [-0.25, -0.2) is 9.97 Å². The number of nitrogens with one attached hydrogen (secondary N) is 3. The lowest BCUT2D eigenvalue weighted by Crippen LogP contribution is -3.06. The summed E-state index contributed by atoms with van der Waals surface area (Å²) in [6.07, 6.45) is 0.741. The topological polar surface area (TPSA) is 131 Å². The maximum absolute atomic E-state index is 14.0. The van der Waals surface area contributed by atoms with Crippen molar-refractivity contribution in [1.82, 2.24) is 29.4 Å². The normalized spacial score (nSPS) is 11.9. The quantitative estimate of drug-likeness (QED) is 0.194. The Balaban J connectivity index is 0.000000801. The highest BCUT2D eigenvalue weighted by atomic mass is 16.2. The first-order chi connectivity index (χ1) is 22.3. The molecule has 0 bridgehead atoms. The van der Waals surface area contributed by atoms with E-state index in [1.54, 1.807) is 52.9 Å².